The van der Waals surface area contributed by atoms with Crippen LogP contribution in [0.15, 0.2) is 24.3 Å². The lowest BCUT2D eigenvalue weighted by Crippen LogP contribution is -2.08. The standard InChI is InChI=1S/C13H22N2O.CH4/c1-15-8-3-2-4-9-16-13-7-5-6-12(10-13)11-14;/h5-7,10,15H,2-4,8-9,11,14H2,1H3;1H4. The zero-order valence-corrected chi connectivity index (χ0v) is 10.0. The Morgan fingerprint density at radius 2 is 2.06 bits per heavy atom. The smallest absolute Gasteiger partial charge is 0.119 e. The fourth-order valence-corrected chi connectivity index (χ4v) is 1.53. The van der Waals surface area contributed by atoms with Crippen LogP contribution in [-0.4, -0.2) is 20.2 Å². The average molecular weight is 238 g/mol. The lowest BCUT2D eigenvalue weighted by atomic mass is 10.2. The summed E-state index contributed by atoms with van der Waals surface area (Å²) < 4.78 is 5.65. The summed E-state index contributed by atoms with van der Waals surface area (Å²) in [4.78, 5) is 0. The number of hydrogen-bond acceptors (Lipinski definition) is 3. The Balaban J connectivity index is 0.00000256. The van der Waals surface area contributed by atoms with E-state index in [0.717, 1.165) is 30.9 Å². The van der Waals surface area contributed by atoms with Gasteiger partial charge < -0.3 is 15.8 Å². The van der Waals surface area contributed by atoms with Gasteiger partial charge in [0.05, 0.1) is 6.61 Å². The molecule has 0 aliphatic rings. The third kappa shape index (κ3) is 6.97. The van der Waals surface area contributed by atoms with Crippen LogP contribution in [0.2, 0.25) is 0 Å². The molecule has 17 heavy (non-hydrogen) atoms. The predicted molar refractivity (Wildman–Crippen MR) is 74.3 cm³/mol. The van der Waals surface area contributed by atoms with E-state index in [0.29, 0.717) is 6.54 Å². The van der Waals surface area contributed by atoms with Crippen LogP contribution in [0.1, 0.15) is 32.3 Å². The molecule has 0 aromatic heterocycles. The molecule has 0 bridgehead atoms. The number of nitrogens with one attached hydrogen (secondary N) is 1. The number of benzene rings is 1. The second-order valence-corrected chi connectivity index (χ2v) is 3.86. The van der Waals surface area contributed by atoms with Gasteiger partial charge in [-0.15, -0.1) is 0 Å². The summed E-state index contributed by atoms with van der Waals surface area (Å²) in [5.74, 6) is 0.927. The second kappa shape index (κ2) is 10.1. The van der Waals surface area contributed by atoms with E-state index in [1.54, 1.807) is 0 Å². The van der Waals surface area contributed by atoms with Crippen LogP contribution in [0.5, 0.6) is 5.75 Å². The van der Waals surface area contributed by atoms with Crippen LogP contribution in [0.25, 0.3) is 0 Å². The molecular formula is C14H26N2O. The van der Waals surface area contributed by atoms with Crippen LogP contribution in [0, 0.1) is 0 Å². The van der Waals surface area contributed by atoms with Crippen molar-refractivity contribution in [3.63, 3.8) is 0 Å². The van der Waals surface area contributed by atoms with E-state index in [1.165, 1.54) is 12.8 Å². The molecule has 0 saturated carbocycles. The van der Waals surface area contributed by atoms with E-state index >= 15 is 0 Å². The molecular weight excluding hydrogens is 212 g/mol. The van der Waals surface area contributed by atoms with Gasteiger partial charge in [0, 0.05) is 6.54 Å². The van der Waals surface area contributed by atoms with Gasteiger partial charge in [0.25, 0.3) is 0 Å². The maximum Gasteiger partial charge on any atom is 0.119 e. The highest BCUT2D eigenvalue weighted by molar-refractivity contribution is 5.28. The largest absolute Gasteiger partial charge is 0.494 e. The fraction of sp³-hybridized carbons (Fsp3) is 0.571. The zero-order chi connectivity index (χ0) is 11.6. The van der Waals surface area contributed by atoms with E-state index < -0.39 is 0 Å². The fourth-order valence-electron chi connectivity index (χ4n) is 1.53. The highest BCUT2D eigenvalue weighted by Crippen LogP contribution is 2.13. The summed E-state index contributed by atoms with van der Waals surface area (Å²) in [6.45, 7) is 2.44. The molecule has 0 saturated heterocycles. The van der Waals surface area contributed by atoms with Gasteiger partial charge in [0.2, 0.25) is 0 Å². The van der Waals surface area contributed by atoms with Gasteiger partial charge in [-0.05, 0) is 50.6 Å². The normalized spacial score (nSPS) is 9.76. The molecule has 0 unspecified atom stereocenters. The molecule has 0 heterocycles. The SMILES string of the molecule is C.CNCCCCCOc1cccc(CN)c1. The first-order chi connectivity index (χ1) is 7.86. The van der Waals surface area contributed by atoms with Crippen LogP contribution in [0.4, 0.5) is 0 Å². The topological polar surface area (TPSA) is 47.3 Å². The van der Waals surface area contributed by atoms with Gasteiger partial charge in [-0.2, -0.15) is 0 Å². The Kier molecular flexibility index (Phi) is 9.49. The minimum Gasteiger partial charge on any atom is -0.494 e. The Labute approximate surface area is 105 Å². The third-order valence-electron chi connectivity index (χ3n) is 2.47. The minimum absolute atomic E-state index is 0. The molecule has 0 atom stereocenters. The average Bonchev–Trinajstić information content (AvgIpc) is 2.34. The van der Waals surface area contributed by atoms with Crippen LogP contribution in [-0.2, 0) is 6.54 Å². The van der Waals surface area contributed by atoms with Crippen molar-refractivity contribution in [2.75, 3.05) is 20.2 Å². The number of rotatable bonds is 8. The molecule has 0 fully saturated rings. The molecule has 1 aromatic carbocycles. The van der Waals surface area contributed by atoms with Gasteiger partial charge in [-0.25, -0.2) is 0 Å². The van der Waals surface area contributed by atoms with Gasteiger partial charge in [-0.1, -0.05) is 19.6 Å². The Morgan fingerprint density at radius 3 is 2.76 bits per heavy atom. The molecule has 3 heteroatoms. The Bertz CT molecular complexity index is 289. The van der Waals surface area contributed by atoms with Gasteiger partial charge in [0.15, 0.2) is 0 Å². The molecule has 3 N–H and O–H groups in total. The monoisotopic (exact) mass is 238 g/mol. The van der Waals surface area contributed by atoms with Crippen molar-refractivity contribution in [1.29, 1.82) is 0 Å². The second-order valence-electron chi connectivity index (χ2n) is 3.86. The van der Waals surface area contributed by atoms with E-state index in [9.17, 15) is 0 Å². The maximum absolute atomic E-state index is 5.65. The Hall–Kier alpha value is -1.06. The zero-order valence-electron chi connectivity index (χ0n) is 10.0. The van der Waals surface area contributed by atoms with Crippen molar-refractivity contribution in [2.24, 2.45) is 5.73 Å². The molecule has 3 nitrogen and oxygen atoms in total. The first kappa shape index (κ1) is 15.9. The van der Waals surface area contributed by atoms with Crippen LogP contribution in [0.3, 0.4) is 0 Å². The molecule has 1 rings (SSSR count). The van der Waals surface area contributed by atoms with Crippen molar-refractivity contribution in [3.8, 4) is 5.75 Å². The van der Waals surface area contributed by atoms with E-state index in [1.807, 2.05) is 31.3 Å². The van der Waals surface area contributed by atoms with Gasteiger partial charge in [0.1, 0.15) is 5.75 Å². The summed E-state index contributed by atoms with van der Waals surface area (Å²) >= 11 is 0. The van der Waals surface area contributed by atoms with Crippen molar-refractivity contribution in [1.82, 2.24) is 5.32 Å². The molecule has 0 spiro atoms. The summed E-state index contributed by atoms with van der Waals surface area (Å²) in [7, 11) is 1.98. The van der Waals surface area contributed by atoms with E-state index in [4.69, 9.17) is 10.5 Å². The quantitative estimate of drug-likeness (QED) is 0.684. The van der Waals surface area contributed by atoms with Crippen molar-refractivity contribution >= 4 is 0 Å². The third-order valence-corrected chi connectivity index (χ3v) is 2.47. The minimum atomic E-state index is 0. The molecule has 1 aromatic rings. The van der Waals surface area contributed by atoms with Crippen LogP contribution >= 0.6 is 0 Å². The molecule has 0 radical (unpaired) electrons. The first-order valence-corrected chi connectivity index (χ1v) is 5.93. The Morgan fingerprint density at radius 1 is 1.24 bits per heavy atom. The van der Waals surface area contributed by atoms with Gasteiger partial charge >= 0.3 is 0 Å². The molecule has 98 valence electrons. The van der Waals surface area contributed by atoms with Crippen molar-refractivity contribution in [2.45, 2.75) is 33.2 Å². The summed E-state index contributed by atoms with van der Waals surface area (Å²) in [5.41, 5.74) is 6.68. The lowest BCUT2D eigenvalue weighted by molar-refractivity contribution is 0.305. The highest BCUT2D eigenvalue weighted by Gasteiger charge is 1.95. The molecule has 0 amide bonds. The van der Waals surface area contributed by atoms with Gasteiger partial charge in [-0.3, -0.25) is 0 Å². The number of unbranched alkanes of at least 4 members (excludes halogenated alkanes) is 2. The number of ether oxygens (including phenoxy) is 1. The molecule has 0 aliphatic heterocycles. The highest BCUT2D eigenvalue weighted by atomic mass is 16.5. The lowest BCUT2D eigenvalue weighted by Gasteiger charge is -2.07. The summed E-state index contributed by atoms with van der Waals surface area (Å²) in [6.07, 6.45) is 3.52. The van der Waals surface area contributed by atoms with E-state index in [-0.39, 0.29) is 7.43 Å². The number of nitrogens with two attached hydrogens (primary N) is 1. The first-order valence-electron chi connectivity index (χ1n) is 5.93. The predicted octanol–water partition coefficient (Wildman–Crippen LogP) is 2.55. The van der Waals surface area contributed by atoms with E-state index in [2.05, 4.69) is 5.32 Å². The summed E-state index contributed by atoms with van der Waals surface area (Å²) in [5, 5.41) is 3.14. The summed E-state index contributed by atoms with van der Waals surface area (Å²) in [6, 6.07) is 7.98. The molecule has 0 aliphatic carbocycles. The van der Waals surface area contributed by atoms with Crippen LogP contribution < -0.4 is 15.8 Å². The van der Waals surface area contributed by atoms with Crippen molar-refractivity contribution in [3.05, 3.63) is 29.8 Å². The number of hydrogen-bond donors (Lipinski definition) is 2. The van der Waals surface area contributed by atoms with Crippen molar-refractivity contribution < 1.29 is 4.74 Å². The maximum atomic E-state index is 5.65.